The van der Waals surface area contributed by atoms with Gasteiger partial charge in [0.25, 0.3) is 0 Å². The van der Waals surface area contributed by atoms with Crippen LogP contribution in [0.25, 0.3) is 0 Å². The molecule has 0 saturated heterocycles. The van der Waals surface area contributed by atoms with Crippen molar-refractivity contribution >= 4 is 5.91 Å². The van der Waals surface area contributed by atoms with Crippen LogP contribution >= 0.6 is 0 Å². The summed E-state index contributed by atoms with van der Waals surface area (Å²) in [6, 6.07) is 0. The molecule has 0 bridgehead atoms. The molecule has 0 aromatic heterocycles. The molecule has 1 aliphatic rings. The summed E-state index contributed by atoms with van der Waals surface area (Å²) in [6.45, 7) is 4.38. The molecule has 0 radical (unpaired) electrons. The first-order valence-electron chi connectivity index (χ1n) is 6.02. The molecule has 3 N–H and O–H groups in total. The van der Waals surface area contributed by atoms with Crippen molar-refractivity contribution in [1.29, 1.82) is 0 Å². The Kier molecular flexibility index (Phi) is 4.33. The Labute approximate surface area is 97.9 Å². The van der Waals surface area contributed by atoms with E-state index in [1.807, 2.05) is 13.8 Å². The van der Waals surface area contributed by atoms with Crippen LogP contribution in [0.4, 0.5) is 0 Å². The number of rotatable bonds is 4. The average Bonchev–Trinajstić information content (AvgIpc) is 2.27. The third-order valence-electron chi connectivity index (χ3n) is 3.43. The van der Waals surface area contributed by atoms with Crippen molar-refractivity contribution in [2.75, 3.05) is 13.7 Å². The van der Waals surface area contributed by atoms with Gasteiger partial charge in [-0.3, -0.25) is 4.79 Å². The Balaban J connectivity index is 2.45. The fraction of sp³-hybridized carbons (Fsp3) is 0.917. The molecule has 0 aliphatic heterocycles. The van der Waals surface area contributed by atoms with E-state index in [0.29, 0.717) is 6.54 Å². The maximum absolute atomic E-state index is 12.0. The Hall–Kier alpha value is -0.610. The third-order valence-corrected chi connectivity index (χ3v) is 3.43. The minimum Gasteiger partial charge on any atom is -0.377 e. The first-order chi connectivity index (χ1) is 7.40. The van der Waals surface area contributed by atoms with Gasteiger partial charge in [-0.2, -0.15) is 0 Å². The van der Waals surface area contributed by atoms with Crippen molar-refractivity contribution in [3.63, 3.8) is 0 Å². The Morgan fingerprint density at radius 3 is 2.44 bits per heavy atom. The van der Waals surface area contributed by atoms with Gasteiger partial charge in [0, 0.05) is 13.7 Å². The van der Waals surface area contributed by atoms with E-state index in [-0.39, 0.29) is 11.5 Å². The monoisotopic (exact) mass is 228 g/mol. The molecule has 0 aromatic rings. The lowest BCUT2D eigenvalue weighted by Gasteiger charge is -2.33. The highest BCUT2D eigenvalue weighted by Crippen LogP contribution is 2.26. The maximum Gasteiger partial charge on any atom is 0.240 e. The predicted molar refractivity (Wildman–Crippen MR) is 64.1 cm³/mol. The van der Waals surface area contributed by atoms with Crippen molar-refractivity contribution in [1.82, 2.24) is 5.32 Å². The van der Waals surface area contributed by atoms with Gasteiger partial charge < -0.3 is 15.8 Å². The summed E-state index contributed by atoms with van der Waals surface area (Å²) in [5, 5.41) is 2.90. The molecule has 0 aromatic carbocycles. The number of carbonyl (C=O) groups is 1. The van der Waals surface area contributed by atoms with Crippen molar-refractivity contribution in [2.24, 2.45) is 5.73 Å². The summed E-state index contributed by atoms with van der Waals surface area (Å²) in [4.78, 5) is 12.0. The van der Waals surface area contributed by atoms with Gasteiger partial charge in [-0.25, -0.2) is 0 Å². The van der Waals surface area contributed by atoms with Crippen LogP contribution in [0.3, 0.4) is 0 Å². The minimum atomic E-state index is -0.651. The number of hydrogen-bond acceptors (Lipinski definition) is 3. The van der Waals surface area contributed by atoms with Crippen LogP contribution in [0.1, 0.15) is 46.0 Å². The van der Waals surface area contributed by atoms with Crippen LogP contribution in [0, 0.1) is 0 Å². The molecule has 1 fully saturated rings. The lowest BCUT2D eigenvalue weighted by Crippen LogP contribution is -2.57. The molecule has 1 aliphatic carbocycles. The van der Waals surface area contributed by atoms with Crippen molar-refractivity contribution in [3.05, 3.63) is 0 Å². The van der Waals surface area contributed by atoms with E-state index < -0.39 is 5.54 Å². The summed E-state index contributed by atoms with van der Waals surface area (Å²) < 4.78 is 5.25. The molecule has 4 nitrogen and oxygen atoms in total. The molecule has 4 heteroatoms. The fourth-order valence-electron chi connectivity index (χ4n) is 1.95. The van der Waals surface area contributed by atoms with E-state index >= 15 is 0 Å². The quantitative estimate of drug-likeness (QED) is 0.759. The van der Waals surface area contributed by atoms with E-state index in [1.54, 1.807) is 7.11 Å². The molecule has 16 heavy (non-hydrogen) atoms. The van der Waals surface area contributed by atoms with Crippen LogP contribution in [-0.4, -0.2) is 30.7 Å². The number of nitrogens with two attached hydrogens (primary N) is 1. The Morgan fingerprint density at radius 2 is 1.94 bits per heavy atom. The SMILES string of the molecule is COC(C)(C)CNC(=O)C1(N)CCCCC1. The van der Waals surface area contributed by atoms with Gasteiger partial charge in [0.05, 0.1) is 11.1 Å². The van der Waals surface area contributed by atoms with Gasteiger partial charge in [0.2, 0.25) is 5.91 Å². The van der Waals surface area contributed by atoms with Crippen LogP contribution < -0.4 is 11.1 Å². The zero-order valence-electron chi connectivity index (χ0n) is 10.6. The Morgan fingerprint density at radius 1 is 1.38 bits per heavy atom. The predicted octanol–water partition coefficient (Wildman–Crippen LogP) is 1.19. The lowest BCUT2D eigenvalue weighted by molar-refractivity contribution is -0.128. The second-order valence-corrected chi connectivity index (χ2v) is 5.36. The fourth-order valence-corrected chi connectivity index (χ4v) is 1.95. The number of methoxy groups -OCH3 is 1. The van der Waals surface area contributed by atoms with E-state index in [4.69, 9.17) is 10.5 Å². The molecule has 0 spiro atoms. The van der Waals surface area contributed by atoms with Crippen LogP contribution in [0.2, 0.25) is 0 Å². The first kappa shape index (κ1) is 13.5. The number of hydrogen-bond donors (Lipinski definition) is 2. The highest BCUT2D eigenvalue weighted by Gasteiger charge is 2.35. The first-order valence-corrected chi connectivity index (χ1v) is 6.02. The second kappa shape index (κ2) is 5.15. The lowest BCUT2D eigenvalue weighted by atomic mass is 9.82. The summed E-state index contributed by atoms with van der Waals surface area (Å²) in [7, 11) is 1.64. The van der Waals surface area contributed by atoms with Crippen molar-refractivity contribution < 1.29 is 9.53 Å². The summed E-state index contributed by atoms with van der Waals surface area (Å²) in [6.07, 6.45) is 4.89. The molecule has 0 unspecified atom stereocenters. The molecule has 1 saturated carbocycles. The molecule has 0 atom stereocenters. The van der Waals surface area contributed by atoms with Crippen LogP contribution in [-0.2, 0) is 9.53 Å². The van der Waals surface area contributed by atoms with Gasteiger partial charge >= 0.3 is 0 Å². The molecule has 1 rings (SSSR count). The third kappa shape index (κ3) is 3.46. The summed E-state index contributed by atoms with van der Waals surface area (Å²) >= 11 is 0. The van der Waals surface area contributed by atoms with Gasteiger partial charge in [0.1, 0.15) is 0 Å². The number of nitrogens with one attached hydrogen (secondary N) is 1. The zero-order chi connectivity index (χ0) is 12.2. The molecular formula is C12H24N2O2. The van der Waals surface area contributed by atoms with E-state index in [0.717, 1.165) is 25.7 Å². The normalized spacial score (nSPS) is 20.5. The van der Waals surface area contributed by atoms with Crippen molar-refractivity contribution in [3.8, 4) is 0 Å². The van der Waals surface area contributed by atoms with Gasteiger partial charge in [-0.05, 0) is 26.7 Å². The van der Waals surface area contributed by atoms with Gasteiger partial charge in [0.15, 0.2) is 0 Å². The van der Waals surface area contributed by atoms with Crippen LogP contribution in [0.15, 0.2) is 0 Å². The average molecular weight is 228 g/mol. The van der Waals surface area contributed by atoms with E-state index in [9.17, 15) is 4.79 Å². The molecular weight excluding hydrogens is 204 g/mol. The minimum absolute atomic E-state index is 0.0303. The number of amides is 1. The number of ether oxygens (including phenoxy) is 1. The summed E-state index contributed by atoms with van der Waals surface area (Å²) in [5.41, 5.74) is 5.14. The number of carbonyl (C=O) groups excluding carboxylic acids is 1. The summed E-state index contributed by atoms with van der Waals surface area (Å²) in [5.74, 6) is -0.0303. The van der Waals surface area contributed by atoms with E-state index in [2.05, 4.69) is 5.32 Å². The largest absolute Gasteiger partial charge is 0.377 e. The van der Waals surface area contributed by atoms with Crippen LogP contribution in [0.5, 0.6) is 0 Å². The molecule has 1 amide bonds. The topological polar surface area (TPSA) is 64.3 Å². The highest BCUT2D eigenvalue weighted by atomic mass is 16.5. The maximum atomic E-state index is 12.0. The second-order valence-electron chi connectivity index (χ2n) is 5.36. The standard InChI is InChI=1S/C12H24N2O2/c1-11(2,16-3)9-14-10(15)12(13)7-5-4-6-8-12/h4-9,13H2,1-3H3,(H,14,15). The van der Waals surface area contributed by atoms with Gasteiger partial charge in [-0.1, -0.05) is 19.3 Å². The van der Waals surface area contributed by atoms with Crippen molar-refractivity contribution in [2.45, 2.75) is 57.1 Å². The van der Waals surface area contributed by atoms with E-state index in [1.165, 1.54) is 6.42 Å². The van der Waals surface area contributed by atoms with Gasteiger partial charge in [-0.15, -0.1) is 0 Å². The highest BCUT2D eigenvalue weighted by molar-refractivity contribution is 5.86. The molecule has 94 valence electrons. The zero-order valence-corrected chi connectivity index (χ0v) is 10.6. The smallest absolute Gasteiger partial charge is 0.240 e. The molecule has 0 heterocycles. The Bertz CT molecular complexity index is 245.